The molecule has 0 bridgehead atoms. The van der Waals surface area contributed by atoms with Crippen molar-refractivity contribution in [3.05, 3.63) is 59.3 Å². The number of aromatic nitrogens is 1. The van der Waals surface area contributed by atoms with Gasteiger partial charge in [-0.2, -0.15) is 0 Å². The molecule has 0 unspecified atom stereocenters. The number of phenols is 1. The van der Waals surface area contributed by atoms with Crippen LogP contribution < -0.4 is 4.90 Å². The number of aromatic hydroxyl groups is 1. The molecule has 0 radical (unpaired) electrons. The predicted octanol–water partition coefficient (Wildman–Crippen LogP) is 3.35. The molecule has 2 aromatic carbocycles. The number of phenolic OH excluding ortho intramolecular Hbond substituents is 1. The zero-order valence-corrected chi connectivity index (χ0v) is 18.0. The summed E-state index contributed by atoms with van der Waals surface area (Å²) in [6.07, 6.45) is -0.330. The zero-order chi connectivity index (χ0) is 22.9. The second-order valence-corrected chi connectivity index (χ2v) is 7.48. The third-order valence-corrected chi connectivity index (χ3v) is 5.69. The molecule has 1 aromatic heterocycles. The first-order chi connectivity index (χ1) is 15.4. The molecule has 2 heterocycles. The molecule has 0 saturated carbocycles. The second kappa shape index (κ2) is 8.52. The number of H-pyrrole nitrogens is 1. The number of ether oxygens (including phenoxy) is 4. The molecule has 1 amide bonds. The van der Waals surface area contributed by atoms with Crippen molar-refractivity contribution in [1.29, 1.82) is 0 Å². The topological polar surface area (TPSA) is 110 Å². The number of nitrogens with one attached hydrogen (secondary N) is 1. The maximum atomic E-state index is 13.1. The lowest BCUT2D eigenvalue weighted by atomic mass is 9.93. The first-order valence-electron chi connectivity index (χ1n) is 9.95. The third-order valence-electron chi connectivity index (χ3n) is 5.69. The average molecular weight is 440 g/mol. The maximum Gasteiger partial charge on any atom is 0.414 e. The number of anilines is 1. The minimum Gasteiger partial charge on any atom is -0.506 e. The number of benzene rings is 2. The molecule has 0 atom stereocenters. The normalized spacial score (nSPS) is 14.8. The van der Waals surface area contributed by atoms with Gasteiger partial charge in [-0.05, 0) is 17.2 Å². The van der Waals surface area contributed by atoms with Gasteiger partial charge in [-0.15, -0.1) is 0 Å². The fourth-order valence-electron chi connectivity index (χ4n) is 3.94. The highest BCUT2D eigenvalue weighted by Crippen LogP contribution is 2.42. The Morgan fingerprint density at radius 1 is 1.12 bits per heavy atom. The number of carbonyl (C=O) groups excluding carboxylic acids is 2. The Kier molecular flexibility index (Phi) is 5.77. The third kappa shape index (κ3) is 3.76. The van der Waals surface area contributed by atoms with Crippen LogP contribution in [0.2, 0.25) is 0 Å². The molecular formula is C23H24N2O7. The number of amides is 1. The minimum atomic E-state index is -1.13. The molecule has 0 fully saturated rings. The van der Waals surface area contributed by atoms with Gasteiger partial charge in [0.1, 0.15) is 18.1 Å². The van der Waals surface area contributed by atoms with E-state index in [1.165, 1.54) is 32.3 Å². The van der Waals surface area contributed by atoms with E-state index in [0.29, 0.717) is 22.2 Å². The summed E-state index contributed by atoms with van der Waals surface area (Å²) in [6, 6.07) is 12.4. The standard InChI is InChI=1S/C23H24N2O7/c1-29-21(27)17-9-15-16-11-23(30-2,31-3)13-25(18(16)10-19(26)20(15)24-17)22(28)32-12-14-7-5-4-6-8-14/h4-10,24,26H,11-13H2,1-3H3. The highest BCUT2D eigenvalue weighted by Gasteiger charge is 2.43. The van der Waals surface area contributed by atoms with Gasteiger partial charge in [-0.3, -0.25) is 4.90 Å². The molecule has 0 saturated heterocycles. The van der Waals surface area contributed by atoms with Gasteiger partial charge in [0, 0.05) is 32.1 Å². The summed E-state index contributed by atoms with van der Waals surface area (Å²) in [5.74, 6) is -1.82. The predicted molar refractivity (Wildman–Crippen MR) is 116 cm³/mol. The Bertz CT molecular complexity index is 1150. The van der Waals surface area contributed by atoms with E-state index in [1.807, 2.05) is 30.3 Å². The Morgan fingerprint density at radius 2 is 1.84 bits per heavy atom. The van der Waals surface area contributed by atoms with Gasteiger partial charge >= 0.3 is 12.1 Å². The van der Waals surface area contributed by atoms with E-state index >= 15 is 0 Å². The number of fused-ring (bicyclic) bond motifs is 3. The van der Waals surface area contributed by atoms with Crippen molar-refractivity contribution in [2.75, 3.05) is 32.8 Å². The molecule has 9 heteroatoms. The molecule has 4 rings (SSSR count). The summed E-state index contributed by atoms with van der Waals surface area (Å²) in [5, 5.41) is 11.2. The highest BCUT2D eigenvalue weighted by atomic mass is 16.7. The molecule has 168 valence electrons. The van der Waals surface area contributed by atoms with Gasteiger partial charge in [0.25, 0.3) is 0 Å². The van der Waals surface area contributed by atoms with Crippen LogP contribution >= 0.6 is 0 Å². The lowest BCUT2D eigenvalue weighted by Crippen LogP contribution is -2.53. The van der Waals surface area contributed by atoms with Crippen LogP contribution in [-0.2, 0) is 32.0 Å². The number of hydrogen-bond donors (Lipinski definition) is 2. The monoisotopic (exact) mass is 440 g/mol. The number of esters is 1. The molecule has 2 N–H and O–H groups in total. The van der Waals surface area contributed by atoms with Crippen LogP contribution in [-0.4, -0.2) is 55.8 Å². The number of rotatable bonds is 5. The Hall–Kier alpha value is -3.56. The fourth-order valence-corrected chi connectivity index (χ4v) is 3.94. The molecule has 9 nitrogen and oxygen atoms in total. The molecule has 1 aliphatic heterocycles. The van der Waals surface area contributed by atoms with Gasteiger partial charge in [0.05, 0.1) is 24.9 Å². The maximum absolute atomic E-state index is 13.1. The first kappa shape index (κ1) is 21.7. The van der Waals surface area contributed by atoms with Crippen LogP contribution in [0.15, 0.2) is 42.5 Å². The number of aromatic amines is 1. The van der Waals surface area contributed by atoms with E-state index < -0.39 is 17.8 Å². The largest absolute Gasteiger partial charge is 0.506 e. The van der Waals surface area contributed by atoms with Gasteiger partial charge in [-0.25, -0.2) is 9.59 Å². The SMILES string of the molecule is COC(=O)c1cc2c3c(cc(O)c2[nH]1)N(C(=O)OCc1ccccc1)CC(OC)(OC)C3. The molecule has 1 aliphatic rings. The van der Waals surface area contributed by atoms with Crippen LogP contribution in [0.5, 0.6) is 5.75 Å². The second-order valence-electron chi connectivity index (χ2n) is 7.48. The Balaban J connectivity index is 1.77. The van der Waals surface area contributed by atoms with Crippen LogP contribution in [0.25, 0.3) is 10.9 Å². The fraction of sp³-hybridized carbons (Fsp3) is 0.304. The lowest BCUT2D eigenvalue weighted by Gasteiger charge is -2.41. The summed E-state index contributed by atoms with van der Waals surface area (Å²) in [7, 11) is 4.27. The summed E-state index contributed by atoms with van der Waals surface area (Å²) < 4.78 is 21.6. The van der Waals surface area contributed by atoms with Crippen molar-refractivity contribution in [1.82, 2.24) is 4.98 Å². The molecule has 0 spiro atoms. The van der Waals surface area contributed by atoms with Crippen LogP contribution in [0.4, 0.5) is 10.5 Å². The van der Waals surface area contributed by atoms with E-state index in [-0.39, 0.29) is 31.0 Å². The van der Waals surface area contributed by atoms with E-state index in [0.717, 1.165) is 5.56 Å². The summed E-state index contributed by atoms with van der Waals surface area (Å²) in [4.78, 5) is 29.4. The average Bonchev–Trinajstić information content (AvgIpc) is 3.29. The minimum absolute atomic E-state index is 0.0554. The van der Waals surface area contributed by atoms with Gasteiger partial charge < -0.3 is 29.0 Å². The zero-order valence-electron chi connectivity index (χ0n) is 18.0. The quantitative estimate of drug-likeness (QED) is 0.462. The van der Waals surface area contributed by atoms with Gasteiger partial charge in [-0.1, -0.05) is 30.3 Å². The van der Waals surface area contributed by atoms with E-state index in [4.69, 9.17) is 18.9 Å². The molecule has 0 aliphatic carbocycles. The highest BCUT2D eigenvalue weighted by molar-refractivity contribution is 6.03. The molecule has 3 aromatic rings. The van der Waals surface area contributed by atoms with Crippen molar-refractivity contribution in [3.8, 4) is 5.75 Å². The number of carbonyl (C=O) groups is 2. The number of methoxy groups -OCH3 is 3. The van der Waals surface area contributed by atoms with Gasteiger partial charge in [0.2, 0.25) is 0 Å². The Labute approximate surface area is 184 Å². The smallest absolute Gasteiger partial charge is 0.414 e. The number of hydrogen-bond acceptors (Lipinski definition) is 7. The summed E-state index contributed by atoms with van der Waals surface area (Å²) in [5.41, 5.74) is 2.48. The summed E-state index contributed by atoms with van der Waals surface area (Å²) in [6.45, 7) is 0.142. The molecule has 32 heavy (non-hydrogen) atoms. The Morgan fingerprint density at radius 3 is 2.50 bits per heavy atom. The van der Waals surface area contributed by atoms with Crippen LogP contribution in [0.1, 0.15) is 21.6 Å². The summed E-state index contributed by atoms with van der Waals surface area (Å²) >= 11 is 0. The van der Waals surface area contributed by atoms with Crippen LogP contribution in [0.3, 0.4) is 0 Å². The van der Waals surface area contributed by atoms with Gasteiger partial charge in [0.15, 0.2) is 5.79 Å². The lowest BCUT2D eigenvalue weighted by molar-refractivity contribution is -0.199. The van der Waals surface area contributed by atoms with Crippen molar-refractivity contribution in [2.24, 2.45) is 0 Å². The van der Waals surface area contributed by atoms with Crippen molar-refractivity contribution in [2.45, 2.75) is 18.8 Å². The van der Waals surface area contributed by atoms with Crippen LogP contribution in [0, 0.1) is 0 Å². The van der Waals surface area contributed by atoms with E-state index in [1.54, 1.807) is 6.07 Å². The van der Waals surface area contributed by atoms with Crippen molar-refractivity contribution < 1.29 is 33.6 Å². The van der Waals surface area contributed by atoms with E-state index in [2.05, 4.69) is 4.98 Å². The van der Waals surface area contributed by atoms with Crippen molar-refractivity contribution in [3.63, 3.8) is 0 Å². The van der Waals surface area contributed by atoms with Crippen molar-refractivity contribution >= 4 is 28.7 Å². The molecular weight excluding hydrogens is 416 g/mol. The number of nitrogens with zero attached hydrogens (tertiary/aromatic N) is 1. The first-order valence-corrected chi connectivity index (χ1v) is 9.95. The van der Waals surface area contributed by atoms with E-state index in [9.17, 15) is 14.7 Å².